The summed E-state index contributed by atoms with van der Waals surface area (Å²) in [6.45, 7) is 1.67. The molecule has 0 bridgehead atoms. The number of urea groups is 1. The van der Waals surface area contributed by atoms with Crippen molar-refractivity contribution in [3.8, 4) is 0 Å². The molecule has 1 heterocycles. The third-order valence-corrected chi connectivity index (χ3v) is 4.45. The lowest BCUT2D eigenvalue weighted by Gasteiger charge is -2.13. The van der Waals surface area contributed by atoms with E-state index in [1.807, 2.05) is 37.3 Å². The van der Waals surface area contributed by atoms with E-state index in [-0.39, 0.29) is 30.9 Å². The summed E-state index contributed by atoms with van der Waals surface area (Å²) >= 11 is 0. The Bertz CT molecular complexity index is 1010. The van der Waals surface area contributed by atoms with Crippen LogP contribution >= 0.6 is 0 Å². The molecule has 0 saturated heterocycles. The van der Waals surface area contributed by atoms with E-state index in [2.05, 4.69) is 20.7 Å². The molecule has 2 aromatic carbocycles. The van der Waals surface area contributed by atoms with Crippen LogP contribution in [-0.2, 0) is 20.7 Å². The summed E-state index contributed by atoms with van der Waals surface area (Å²) in [6.07, 6.45) is 0.118. The van der Waals surface area contributed by atoms with Gasteiger partial charge in [0.15, 0.2) is 0 Å². The molecular weight excluding hydrogens is 386 g/mol. The number of rotatable bonds is 7. The zero-order valence-electron chi connectivity index (χ0n) is 16.7. The highest BCUT2D eigenvalue weighted by Gasteiger charge is 2.14. The first-order chi connectivity index (χ1) is 14.4. The van der Waals surface area contributed by atoms with Crippen molar-refractivity contribution in [3.63, 3.8) is 0 Å². The maximum atomic E-state index is 12.3. The molecule has 30 heavy (non-hydrogen) atoms. The predicted octanol–water partition coefficient (Wildman–Crippen LogP) is 3.15. The first-order valence-corrected chi connectivity index (χ1v) is 9.43. The van der Waals surface area contributed by atoms with E-state index in [0.717, 1.165) is 16.5 Å². The Balaban J connectivity index is 1.50. The summed E-state index contributed by atoms with van der Waals surface area (Å²) in [6, 6.07) is 15.7. The molecule has 3 rings (SSSR count). The first-order valence-electron chi connectivity index (χ1n) is 9.43. The van der Waals surface area contributed by atoms with Gasteiger partial charge in [-0.3, -0.25) is 9.59 Å². The van der Waals surface area contributed by atoms with E-state index in [4.69, 9.17) is 4.42 Å². The average Bonchev–Trinajstić information content (AvgIpc) is 3.18. The molecule has 0 radical (unpaired) electrons. The van der Waals surface area contributed by atoms with Crippen molar-refractivity contribution in [1.29, 1.82) is 0 Å². The number of furan rings is 1. The summed E-state index contributed by atoms with van der Waals surface area (Å²) in [4.78, 5) is 35.1. The quantitative estimate of drug-likeness (QED) is 0.520. The molecule has 1 atom stereocenters. The van der Waals surface area contributed by atoms with Crippen molar-refractivity contribution in [1.82, 2.24) is 10.6 Å². The number of hydrogen-bond donors (Lipinski definition) is 3. The van der Waals surface area contributed by atoms with Crippen molar-refractivity contribution in [2.45, 2.75) is 19.4 Å². The van der Waals surface area contributed by atoms with Crippen LogP contribution in [0.2, 0.25) is 0 Å². The highest BCUT2D eigenvalue weighted by Crippen LogP contribution is 2.23. The average molecular weight is 409 g/mol. The van der Waals surface area contributed by atoms with Gasteiger partial charge >= 0.3 is 12.0 Å². The number of anilines is 1. The fraction of sp³-hybridized carbons (Fsp3) is 0.227. The van der Waals surface area contributed by atoms with Gasteiger partial charge in [-0.25, -0.2) is 4.79 Å². The van der Waals surface area contributed by atoms with Crippen LogP contribution in [0, 0.1) is 0 Å². The molecule has 8 nitrogen and oxygen atoms in total. The van der Waals surface area contributed by atoms with Gasteiger partial charge in [-0.2, -0.15) is 0 Å². The Kier molecular flexibility index (Phi) is 6.69. The van der Waals surface area contributed by atoms with Crippen LogP contribution in [0.1, 0.15) is 24.3 Å². The monoisotopic (exact) mass is 409 g/mol. The lowest BCUT2D eigenvalue weighted by molar-refractivity contribution is -0.141. The summed E-state index contributed by atoms with van der Waals surface area (Å²) in [5.41, 5.74) is 2.11. The number of carbonyl (C=O) groups excluding carboxylic acids is 3. The molecular formula is C22H23N3O5. The predicted molar refractivity (Wildman–Crippen MR) is 112 cm³/mol. The van der Waals surface area contributed by atoms with Crippen molar-refractivity contribution < 1.29 is 23.5 Å². The maximum absolute atomic E-state index is 12.3. The lowest BCUT2D eigenvalue weighted by Crippen LogP contribution is -2.31. The van der Waals surface area contributed by atoms with Crippen LogP contribution in [-0.4, -0.2) is 31.6 Å². The van der Waals surface area contributed by atoms with Crippen molar-refractivity contribution >= 4 is 34.6 Å². The molecule has 1 unspecified atom stereocenters. The van der Waals surface area contributed by atoms with E-state index >= 15 is 0 Å². The van der Waals surface area contributed by atoms with Crippen LogP contribution in [0.25, 0.3) is 11.0 Å². The largest absolute Gasteiger partial charge is 0.468 e. The molecule has 0 spiro atoms. The van der Waals surface area contributed by atoms with Crippen molar-refractivity contribution in [3.05, 3.63) is 65.9 Å². The number of benzene rings is 2. The van der Waals surface area contributed by atoms with Gasteiger partial charge in [0, 0.05) is 11.1 Å². The number of fused-ring (bicyclic) bond motifs is 1. The van der Waals surface area contributed by atoms with Gasteiger partial charge in [0.1, 0.15) is 17.9 Å². The second kappa shape index (κ2) is 9.60. The first kappa shape index (κ1) is 20.9. The van der Waals surface area contributed by atoms with E-state index in [1.54, 1.807) is 24.3 Å². The molecule has 3 N–H and O–H groups in total. The molecule has 0 fully saturated rings. The number of para-hydroxylation sites is 1. The van der Waals surface area contributed by atoms with Gasteiger partial charge in [0.2, 0.25) is 5.91 Å². The molecule has 0 aliphatic carbocycles. The summed E-state index contributed by atoms with van der Waals surface area (Å²) in [7, 11) is 1.26. The Labute approximate surface area is 173 Å². The smallest absolute Gasteiger partial charge is 0.325 e. The number of ether oxygens (including phenoxy) is 1. The molecule has 8 heteroatoms. The van der Waals surface area contributed by atoms with Crippen LogP contribution < -0.4 is 16.0 Å². The third-order valence-electron chi connectivity index (χ3n) is 4.45. The third kappa shape index (κ3) is 5.60. The molecule has 0 saturated carbocycles. The molecule has 1 aromatic heterocycles. The minimum absolute atomic E-state index is 0.118. The molecule has 0 aliphatic heterocycles. The summed E-state index contributed by atoms with van der Waals surface area (Å²) in [5, 5.41) is 9.04. The summed E-state index contributed by atoms with van der Waals surface area (Å²) in [5.74, 6) is -0.135. The van der Waals surface area contributed by atoms with Crippen molar-refractivity contribution in [2.24, 2.45) is 0 Å². The van der Waals surface area contributed by atoms with Gasteiger partial charge in [0.05, 0.1) is 19.6 Å². The topological polar surface area (TPSA) is 110 Å². The minimum Gasteiger partial charge on any atom is -0.468 e. The number of amides is 3. The Morgan fingerprint density at radius 1 is 1.07 bits per heavy atom. The van der Waals surface area contributed by atoms with Crippen LogP contribution in [0.5, 0.6) is 0 Å². The molecule has 3 amide bonds. The molecule has 156 valence electrons. The number of esters is 1. The van der Waals surface area contributed by atoms with E-state index in [9.17, 15) is 14.4 Å². The van der Waals surface area contributed by atoms with Gasteiger partial charge in [-0.1, -0.05) is 30.3 Å². The highest BCUT2D eigenvalue weighted by molar-refractivity contribution is 5.90. The molecule has 0 aliphatic rings. The number of nitrogens with one attached hydrogen (secondary N) is 3. The number of hydrogen-bond acceptors (Lipinski definition) is 5. The Morgan fingerprint density at radius 3 is 2.50 bits per heavy atom. The van der Waals surface area contributed by atoms with Gasteiger partial charge < -0.3 is 25.1 Å². The number of carbonyl (C=O) groups is 3. The fourth-order valence-electron chi connectivity index (χ4n) is 2.85. The number of methoxy groups -OCH3 is 1. The van der Waals surface area contributed by atoms with Crippen molar-refractivity contribution in [2.75, 3.05) is 19.0 Å². The maximum Gasteiger partial charge on any atom is 0.325 e. The SMILES string of the molecule is COC(=O)CNC(=O)Cc1ccc(NC(=O)NC(C)c2cc3ccccc3o2)cc1. The van der Waals surface area contributed by atoms with E-state index in [1.165, 1.54) is 7.11 Å². The van der Waals surface area contributed by atoms with Gasteiger partial charge in [-0.05, 0) is 36.8 Å². The second-order valence-electron chi connectivity index (χ2n) is 6.73. The second-order valence-corrected chi connectivity index (χ2v) is 6.73. The Hall–Kier alpha value is -3.81. The van der Waals surface area contributed by atoms with Crippen LogP contribution in [0.3, 0.4) is 0 Å². The van der Waals surface area contributed by atoms with Gasteiger partial charge in [-0.15, -0.1) is 0 Å². The van der Waals surface area contributed by atoms with E-state index < -0.39 is 5.97 Å². The zero-order valence-corrected chi connectivity index (χ0v) is 16.7. The lowest BCUT2D eigenvalue weighted by atomic mass is 10.1. The van der Waals surface area contributed by atoms with Crippen LogP contribution in [0.4, 0.5) is 10.5 Å². The fourth-order valence-corrected chi connectivity index (χ4v) is 2.85. The minimum atomic E-state index is -0.509. The zero-order chi connectivity index (χ0) is 21.5. The molecule has 3 aromatic rings. The summed E-state index contributed by atoms with van der Waals surface area (Å²) < 4.78 is 10.2. The van der Waals surface area contributed by atoms with Crippen LogP contribution in [0.15, 0.2) is 59.0 Å². The standard InChI is InChI=1S/C22H23N3O5/c1-14(19-12-16-5-3-4-6-18(16)30-19)24-22(28)25-17-9-7-15(8-10-17)11-20(26)23-13-21(27)29-2/h3-10,12,14H,11,13H2,1-2H3,(H,23,26)(H2,24,25,28). The highest BCUT2D eigenvalue weighted by atomic mass is 16.5. The van der Waals surface area contributed by atoms with Gasteiger partial charge in [0.25, 0.3) is 0 Å². The normalized spacial score (nSPS) is 11.5. The Morgan fingerprint density at radius 2 is 1.80 bits per heavy atom. The van der Waals surface area contributed by atoms with E-state index in [0.29, 0.717) is 11.4 Å².